The summed E-state index contributed by atoms with van der Waals surface area (Å²) in [6.07, 6.45) is 7.29. The molecular weight excluding hydrogens is 448 g/mol. The maximum atomic E-state index is 13.3. The van der Waals surface area contributed by atoms with Crippen molar-refractivity contribution < 1.29 is 14.3 Å². The standard InChI is InChI=1S/C22H24N4O4S2/c27-20-16(11-17-21(28)26(22(31)32-17)13-15-6-4-10-30-15)19(23-12-14-5-3-9-29-14)24-18-7-1-2-8-25(18)20/h1-2,7-8,11,14-15,23H,3-6,9-10,12-13H2/b17-11+/t14-,15-/m0/s1. The van der Waals surface area contributed by atoms with Gasteiger partial charge in [-0.3, -0.25) is 18.9 Å². The van der Waals surface area contributed by atoms with Gasteiger partial charge in [-0.2, -0.15) is 0 Å². The van der Waals surface area contributed by atoms with Crippen LogP contribution in [-0.2, 0) is 14.3 Å². The second-order valence-corrected chi connectivity index (χ2v) is 9.73. The minimum absolute atomic E-state index is 0.00782. The SMILES string of the molecule is O=C1/C(=C\c2c(NC[C@@H]3CCCO3)nc3ccccn3c2=O)SC(=S)N1C[C@@H]1CCCO1. The van der Waals surface area contributed by atoms with Crippen LogP contribution in [0.3, 0.4) is 0 Å². The first-order valence-corrected chi connectivity index (χ1v) is 12.1. The molecule has 2 aromatic heterocycles. The van der Waals surface area contributed by atoms with Crippen LogP contribution in [0.5, 0.6) is 0 Å². The van der Waals surface area contributed by atoms with Crippen LogP contribution in [0.4, 0.5) is 5.82 Å². The van der Waals surface area contributed by atoms with Gasteiger partial charge in [0.2, 0.25) is 0 Å². The van der Waals surface area contributed by atoms with Crippen LogP contribution in [0.25, 0.3) is 11.7 Å². The van der Waals surface area contributed by atoms with E-state index in [0.717, 1.165) is 32.3 Å². The van der Waals surface area contributed by atoms with Crippen LogP contribution in [0, 0.1) is 0 Å². The average molecular weight is 473 g/mol. The summed E-state index contributed by atoms with van der Waals surface area (Å²) in [5.41, 5.74) is 0.634. The van der Waals surface area contributed by atoms with E-state index < -0.39 is 0 Å². The van der Waals surface area contributed by atoms with E-state index in [2.05, 4.69) is 10.3 Å². The predicted molar refractivity (Wildman–Crippen MR) is 128 cm³/mol. The Morgan fingerprint density at radius 1 is 1.19 bits per heavy atom. The van der Waals surface area contributed by atoms with Crippen molar-refractivity contribution >= 4 is 51.7 Å². The number of anilines is 1. The van der Waals surface area contributed by atoms with Crippen LogP contribution in [0.1, 0.15) is 31.2 Å². The number of pyridine rings is 1. The Morgan fingerprint density at radius 2 is 1.97 bits per heavy atom. The summed E-state index contributed by atoms with van der Waals surface area (Å²) < 4.78 is 13.3. The lowest BCUT2D eigenvalue weighted by molar-refractivity contribution is -0.123. The lowest BCUT2D eigenvalue weighted by Gasteiger charge is -2.18. The zero-order chi connectivity index (χ0) is 22.1. The van der Waals surface area contributed by atoms with Crippen molar-refractivity contribution in [3.05, 3.63) is 45.2 Å². The van der Waals surface area contributed by atoms with Gasteiger partial charge < -0.3 is 14.8 Å². The fraction of sp³-hybridized carbons (Fsp3) is 0.455. The third-order valence-corrected chi connectivity index (χ3v) is 7.23. The molecule has 3 aliphatic heterocycles. The van der Waals surface area contributed by atoms with Gasteiger partial charge in [-0.25, -0.2) is 4.98 Å². The molecule has 5 heterocycles. The molecule has 0 aliphatic carbocycles. The molecule has 5 rings (SSSR count). The highest BCUT2D eigenvalue weighted by molar-refractivity contribution is 8.26. The molecule has 0 unspecified atom stereocenters. The normalized spacial score (nSPS) is 24.9. The Labute approximate surface area is 195 Å². The van der Waals surface area contributed by atoms with Crippen molar-refractivity contribution in [2.45, 2.75) is 37.9 Å². The Kier molecular flexibility index (Phi) is 6.27. The number of aromatic nitrogens is 2. The minimum Gasteiger partial charge on any atom is -0.376 e. The quantitative estimate of drug-likeness (QED) is 0.507. The van der Waals surface area contributed by atoms with Crippen LogP contribution < -0.4 is 10.9 Å². The number of rotatable bonds is 6. The molecule has 168 valence electrons. The third-order valence-electron chi connectivity index (χ3n) is 5.85. The van der Waals surface area contributed by atoms with Crippen molar-refractivity contribution in [1.29, 1.82) is 0 Å². The van der Waals surface area contributed by atoms with Crippen LogP contribution in [-0.4, -0.2) is 63.0 Å². The molecule has 10 heteroatoms. The molecule has 32 heavy (non-hydrogen) atoms. The number of carbonyl (C=O) groups is 1. The van der Waals surface area contributed by atoms with Crippen molar-refractivity contribution in [3.63, 3.8) is 0 Å². The topological polar surface area (TPSA) is 85.2 Å². The Balaban J connectivity index is 1.47. The molecule has 1 amide bonds. The summed E-state index contributed by atoms with van der Waals surface area (Å²) in [5.74, 6) is 0.249. The van der Waals surface area contributed by atoms with Gasteiger partial charge >= 0.3 is 0 Å². The lowest BCUT2D eigenvalue weighted by atomic mass is 10.2. The second kappa shape index (κ2) is 9.30. The number of nitrogens with one attached hydrogen (secondary N) is 1. The molecule has 3 saturated heterocycles. The fourth-order valence-electron chi connectivity index (χ4n) is 4.16. The molecule has 2 aromatic rings. The van der Waals surface area contributed by atoms with E-state index in [1.807, 2.05) is 6.07 Å². The van der Waals surface area contributed by atoms with Gasteiger partial charge in [-0.15, -0.1) is 0 Å². The lowest BCUT2D eigenvalue weighted by Crippen LogP contribution is -2.35. The zero-order valence-electron chi connectivity index (χ0n) is 17.5. The molecule has 2 atom stereocenters. The average Bonchev–Trinajstić information content (AvgIpc) is 3.55. The van der Waals surface area contributed by atoms with Gasteiger partial charge in [0, 0.05) is 26.0 Å². The first-order chi connectivity index (χ1) is 15.6. The van der Waals surface area contributed by atoms with E-state index in [1.54, 1.807) is 29.3 Å². The van der Waals surface area contributed by atoms with E-state index in [-0.39, 0.29) is 23.7 Å². The number of fused-ring (bicyclic) bond motifs is 1. The summed E-state index contributed by atoms with van der Waals surface area (Å²) in [6.45, 7) is 2.46. The van der Waals surface area contributed by atoms with Crippen molar-refractivity contribution in [3.8, 4) is 0 Å². The van der Waals surface area contributed by atoms with Gasteiger partial charge in [0.1, 0.15) is 15.8 Å². The van der Waals surface area contributed by atoms with Gasteiger partial charge in [0.15, 0.2) is 0 Å². The Bertz CT molecular complexity index is 1140. The Hall–Kier alpha value is -2.27. The van der Waals surface area contributed by atoms with E-state index in [9.17, 15) is 9.59 Å². The van der Waals surface area contributed by atoms with Crippen LogP contribution in [0.2, 0.25) is 0 Å². The number of hydrogen-bond donors (Lipinski definition) is 1. The Morgan fingerprint density at radius 3 is 2.72 bits per heavy atom. The summed E-state index contributed by atoms with van der Waals surface area (Å²) in [7, 11) is 0. The van der Waals surface area contributed by atoms with Crippen molar-refractivity contribution in [1.82, 2.24) is 14.3 Å². The monoisotopic (exact) mass is 472 g/mol. The number of hydrogen-bond acceptors (Lipinski definition) is 8. The maximum absolute atomic E-state index is 13.3. The van der Waals surface area contributed by atoms with Gasteiger partial charge in [0.05, 0.1) is 29.2 Å². The maximum Gasteiger partial charge on any atom is 0.267 e. The summed E-state index contributed by atoms with van der Waals surface area (Å²) >= 11 is 6.66. The number of ether oxygens (including phenoxy) is 2. The van der Waals surface area contributed by atoms with Gasteiger partial charge in [0.25, 0.3) is 11.5 Å². The molecule has 3 aliphatic rings. The molecule has 1 N–H and O–H groups in total. The van der Waals surface area contributed by atoms with Gasteiger partial charge in [-0.05, 0) is 43.9 Å². The number of thiocarbonyl (C=S) groups is 1. The van der Waals surface area contributed by atoms with Crippen LogP contribution >= 0.6 is 24.0 Å². The number of carbonyl (C=O) groups excluding carboxylic acids is 1. The fourth-order valence-corrected chi connectivity index (χ4v) is 5.42. The molecule has 3 fully saturated rings. The first kappa shape index (κ1) is 21.6. The molecule has 0 aromatic carbocycles. The molecule has 0 bridgehead atoms. The second-order valence-electron chi connectivity index (χ2n) is 8.05. The molecule has 8 nitrogen and oxygen atoms in total. The number of thioether (sulfide) groups is 1. The van der Waals surface area contributed by atoms with E-state index in [4.69, 9.17) is 21.7 Å². The third kappa shape index (κ3) is 4.32. The largest absolute Gasteiger partial charge is 0.376 e. The zero-order valence-corrected chi connectivity index (χ0v) is 19.1. The minimum atomic E-state index is -0.241. The van der Waals surface area contributed by atoms with E-state index >= 15 is 0 Å². The predicted octanol–water partition coefficient (Wildman–Crippen LogP) is 2.67. The highest BCUT2D eigenvalue weighted by Crippen LogP contribution is 2.34. The molecular formula is C22H24N4O4S2. The summed E-state index contributed by atoms with van der Waals surface area (Å²) in [5, 5.41) is 3.28. The number of nitrogens with zero attached hydrogens (tertiary/aromatic N) is 3. The highest BCUT2D eigenvalue weighted by Gasteiger charge is 2.35. The summed E-state index contributed by atoms with van der Waals surface area (Å²) in [4.78, 5) is 33.0. The van der Waals surface area contributed by atoms with E-state index in [1.165, 1.54) is 16.2 Å². The smallest absolute Gasteiger partial charge is 0.267 e. The highest BCUT2D eigenvalue weighted by atomic mass is 32.2. The van der Waals surface area contributed by atoms with Crippen LogP contribution in [0.15, 0.2) is 34.1 Å². The first-order valence-electron chi connectivity index (χ1n) is 10.8. The summed E-state index contributed by atoms with van der Waals surface area (Å²) in [6, 6.07) is 5.39. The molecule has 0 saturated carbocycles. The molecule has 0 spiro atoms. The molecule has 0 radical (unpaired) electrons. The van der Waals surface area contributed by atoms with Crippen molar-refractivity contribution in [2.75, 3.05) is 31.6 Å². The van der Waals surface area contributed by atoms with E-state index in [0.29, 0.717) is 46.0 Å². The number of amides is 1. The van der Waals surface area contributed by atoms with Crippen molar-refractivity contribution in [2.24, 2.45) is 0 Å². The van der Waals surface area contributed by atoms with Gasteiger partial charge in [-0.1, -0.05) is 30.0 Å².